The molecule has 0 fully saturated rings. The second-order valence-corrected chi connectivity index (χ2v) is 7.47. The summed E-state index contributed by atoms with van der Waals surface area (Å²) in [7, 11) is -3.63. The van der Waals surface area contributed by atoms with Crippen molar-refractivity contribution >= 4 is 31.6 Å². The molecule has 2 aromatic carbocycles. The highest BCUT2D eigenvalue weighted by molar-refractivity contribution is 9.10. The molecule has 3 N–H and O–H groups in total. The molecular weight excluding hydrogens is 352 g/mol. The topological polar surface area (TPSA) is 72.2 Å². The summed E-state index contributed by atoms with van der Waals surface area (Å²) in [6.07, 6.45) is 0. The quantitative estimate of drug-likeness (QED) is 0.865. The first kappa shape index (κ1) is 16.0. The summed E-state index contributed by atoms with van der Waals surface area (Å²) in [5.41, 5.74) is 8.13. The van der Waals surface area contributed by atoms with Gasteiger partial charge in [0.1, 0.15) is 0 Å². The number of rotatable bonds is 4. The molecule has 0 amide bonds. The Balaban J connectivity index is 2.33. The lowest BCUT2D eigenvalue weighted by atomic mass is 10.1. The highest BCUT2D eigenvalue weighted by Gasteiger charge is 2.15. The molecule has 0 saturated carbocycles. The van der Waals surface area contributed by atoms with Gasteiger partial charge in [0.15, 0.2) is 0 Å². The fourth-order valence-electron chi connectivity index (χ4n) is 1.84. The summed E-state index contributed by atoms with van der Waals surface area (Å²) in [6.45, 7) is 3.75. The van der Waals surface area contributed by atoms with Gasteiger partial charge in [-0.3, -0.25) is 4.72 Å². The second-order valence-electron chi connectivity index (χ2n) is 4.93. The van der Waals surface area contributed by atoms with Crippen LogP contribution in [0.5, 0.6) is 0 Å². The van der Waals surface area contributed by atoms with Crippen LogP contribution in [0, 0.1) is 6.92 Å². The van der Waals surface area contributed by atoms with E-state index in [2.05, 4.69) is 20.7 Å². The lowest BCUT2D eigenvalue weighted by Gasteiger charge is -2.11. The normalized spacial score (nSPS) is 13.0. The Labute approximate surface area is 133 Å². The third kappa shape index (κ3) is 3.84. The van der Waals surface area contributed by atoms with Gasteiger partial charge in [-0.1, -0.05) is 34.1 Å². The fourth-order valence-corrected chi connectivity index (χ4v) is 3.32. The average Bonchev–Trinajstić information content (AvgIpc) is 2.43. The van der Waals surface area contributed by atoms with Crippen LogP contribution in [0.15, 0.2) is 51.8 Å². The van der Waals surface area contributed by atoms with Crippen molar-refractivity contribution in [1.29, 1.82) is 0 Å². The van der Waals surface area contributed by atoms with Crippen molar-refractivity contribution in [1.82, 2.24) is 0 Å². The van der Waals surface area contributed by atoms with Crippen LogP contribution >= 0.6 is 15.9 Å². The van der Waals surface area contributed by atoms with Crippen LogP contribution in [0.25, 0.3) is 0 Å². The number of halogens is 1. The van der Waals surface area contributed by atoms with Crippen LogP contribution < -0.4 is 10.5 Å². The van der Waals surface area contributed by atoms with E-state index in [1.807, 2.05) is 26.0 Å². The molecule has 0 bridgehead atoms. The molecule has 0 saturated heterocycles. The maximum atomic E-state index is 12.4. The highest BCUT2D eigenvalue weighted by atomic mass is 79.9. The Morgan fingerprint density at radius 2 is 1.90 bits per heavy atom. The molecule has 0 aliphatic rings. The Kier molecular flexibility index (Phi) is 4.70. The zero-order valence-corrected chi connectivity index (χ0v) is 14.2. The van der Waals surface area contributed by atoms with Crippen molar-refractivity contribution in [3.63, 3.8) is 0 Å². The van der Waals surface area contributed by atoms with Crippen molar-refractivity contribution in [2.75, 3.05) is 4.72 Å². The minimum absolute atomic E-state index is 0.203. The van der Waals surface area contributed by atoms with Crippen molar-refractivity contribution in [2.45, 2.75) is 24.8 Å². The van der Waals surface area contributed by atoms with Crippen molar-refractivity contribution in [3.8, 4) is 0 Å². The SMILES string of the molecule is Cc1ccc(NS(=O)(=O)c2cccc(C(C)N)c2)cc1Br. The molecule has 1 atom stereocenters. The average molecular weight is 369 g/mol. The fraction of sp³-hybridized carbons (Fsp3) is 0.200. The summed E-state index contributed by atoms with van der Waals surface area (Å²) in [4.78, 5) is 0.203. The first-order valence-corrected chi connectivity index (χ1v) is 8.72. The summed E-state index contributed by atoms with van der Waals surface area (Å²) in [5, 5.41) is 0. The standard InChI is InChI=1S/C15H17BrN2O2S/c1-10-6-7-13(9-15(10)16)18-21(19,20)14-5-3-4-12(8-14)11(2)17/h3-9,11,18H,17H2,1-2H3. The molecule has 2 aromatic rings. The summed E-state index contributed by atoms with van der Waals surface area (Å²) in [5.74, 6) is 0. The van der Waals surface area contributed by atoms with E-state index >= 15 is 0 Å². The largest absolute Gasteiger partial charge is 0.324 e. The summed E-state index contributed by atoms with van der Waals surface area (Å²) < 4.78 is 28.2. The van der Waals surface area contributed by atoms with Gasteiger partial charge >= 0.3 is 0 Å². The summed E-state index contributed by atoms with van der Waals surface area (Å²) in [6, 6.07) is 11.8. The van der Waals surface area contributed by atoms with Gasteiger partial charge in [0.05, 0.1) is 4.90 Å². The highest BCUT2D eigenvalue weighted by Crippen LogP contribution is 2.24. The van der Waals surface area contributed by atoms with Crippen LogP contribution in [0.1, 0.15) is 24.1 Å². The lowest BCUT2D eigenvalue weighted by molar-refractivity contribution is 0.601. The Morgan fingerprint density at radius 3 is 2.52 bits per heavy atom. The number of hydrogen-bond acceptors (Lipinski definition) is 3. The van der Waals surface area contributed by atoms with Crippen molar-refractivity contribution in [2.24, 2.45) is 5.73 Å². The van der Waals surface area contributed by atoms with E-state index in [1.165, 1.54) is 0 Å². The minimum Gasteiger partial charge on any atom is -0.324 e. The molecule has 2 rings (SSSR count). The predicted octanol–water partition coefficient (Wildman–Crippen LogP) is 3.58. The van der Waals surface area contributed by atoms with E-state index in [9.17, 15) is 8.42 Å². The molecular formula is C15H17BrN2O2S. The number of benzene rings is 2. The Hall–Kier alpha value is -1.37. The molecule has 0 spiro atoms. The first-order chi connectivity index (χ1) is 9.79. The number of nitrogens with one attached hydrogen (secondary N) is 1. The van der Waals surface area contributed by atoms with E-state index in [4.69, 9.17) is 5.73 Å². The maximum Gasteiger partial charge on any atom is 0.261 e. The van der Waals surface area contributed by atoms with Crippen LogP contribution in [0.2, 0.25) is 0 Å². The zero-order chi connectivity index (χ0) is 15.6. The van der Waals surface area contributed by atoms with Gasteiger partial charge in [-0.25, -0.2) is 8.42 Å². The monoisotopic (exact) mass is 368 g/mol. The molecule has 112 valence electrons. The first-order valence-electron chi connectivity index (χ1n) is 6.44. The van der Waals surface area contributed by atoms with Gasteiger partial charge in [-0.05, 0) is 49.2 Å². The maximum absolute atomic E-state index is 12.4. The van der Waals surface area contributed by atoms with E-state index in [1.54, 1.807) is 30.3 Å². The number of hydrogen-bond donors (Lipinski definition) is 2. The molecule has 0 heterocycles. The minimum atomic E-state index is -3.63. The molecule has 1 unspecified atom stereocenters. The number of sulfonamides is 1. The van der Waals surface area contributed by atoms with Gasteiger partial charge in [-0.15, -0.1) is 0 Å². The summed E-state index contributed by atoms with van der Waals surface area (Å²) >= 11 is 3.39. The molecule has 0 aliphatic carbocycles. The zero-order valence-electron chi connectivity index (χ0n) is 11.8. The molecule has 0 aliphatic heterocycles. The van der Waals surface area contributed by atoms with Crippen LogP contribution in [0.3, 0.4) is 0 Å². The van der Waals surface area contributed by atoms with Crippen molar-refractivity contribution in [3.05, 3.63) is 58.1 Å². The Morgan fingerprint density at radius 1 is 1.19 bits per heavy atom. The Bertz CT molecular complexity index is 758. The third-order valence-corrected chi connectivity index (χ3v) is 5.35. The van der Waals surface area contributed by atoms with E-state index < -0.39 is 10.0 Å². The smallest absolute Gasteiger partial charge is 0.261 e. The predicted molar refractivity (Wildman–Crippen MR) is 88.7 cm³/mol. The van der Waals surface area contributed by atoms with Crippen LogP contribution in [0.4, 0.5) is 5.69 Å². The molecule has 6 heteroatoms. The van der Waals surface area contributed by atoms with Gasteiger partial charge in [0, 0.05) is 16.2 Å². The lowest BCUT2D eigenvalue weighted by Crippen LogP contribution is -2.14. The van der Waals surface area contributed by atoms with E-state index in [-0.39, 0.29) is 10.9 Å². The third-order valence-electron chi connectivity index (χ3n) is 3.12. The van der Waals surface area contributed by atoms with E-state index in [0.717, 1.165) is 15.6 Å². The van der Waals surface area contributed by atoms with Crippen LogP contribution in [-0.2, 0) is 10.0 Å². The molecule has 4 nitrogen and oxygen atoms in total. The van der Waals surface area contributed by atoms with Gasteiger partial charge in [0.25, 0.3) is 10.0 Å². The van der Waals surface area contributed by atoms with E-state index in [0.29, 0.717) is 5.69 Å². The van der Waals surface area contributed by atoms with Crippen molar-refractivity contribution < 1.29 is 8.42 Å². The van der Waals surface area contributed by atoms with Gasteiger partial charge in [-0.2, -0.15) is 0 Å². The van der Waals surface area contributed by atoms with Gasteiger partial charge < -0.3 is 5.73 Å². The second kappa shape index (κ2) is 6.17. The van der Waals surface area contributed by atoms with Crippen LogP contribution in [-0.4, -0.2) is 8.42 Å². The number of nitrogens with two attached hydrogens (primary N) is 1. The van der Waals surface area contributed by atoms with Gasteiger partial charge in [0.2, 0.25) is 0 Å². The number of anilines is 1. The molecule has 21 heavy (non-hydrogen) atoms. The molecule has 0 radical (unpaired) electrons. The number of aryl methyl sites for hydroxylation is 1. The molecule has 0 aromatic heterocycles.